The molecule has 3 heteroatoms. The third-order valence-corrected chi connectivity index (χ3v) is 4.24. The quantitative estimate of drug-likeness (QED) is 0.795. The minimum Gasteiger partial charge on any atom is -0.378 e. The fourth-order valence-electron chi connectivity index (χ4n) is 3.19. The van der Waals surface area contributed by atoms with Gasteiger partial charge in [0, 0.05) is 25.2 Å². The summed E-state index contributed by atoms with van der Waals surface area (Å²) in [6.45, 7) is 5.63. The lowest BCUT2D eigenvalue weighted by atomic mass is 9.98. The van der Waals surface area contributed by atoms with E-state index in [9.17, 15) is 0 Å². The monoisotopic (exact) mass is 240 g/mol. The second-order valence-corrected chi connectivity index (χ2v) is 5.69. The van der Waals surface area contributed by atoms with Crippen molar-refractivity contribution in [3.63, 3.8) is 0 Å². The summed E-state index contributed by atoms with van der Waals surface area (Å²) in [5, 5.41) is 3.59. The Kier molecular flexibility index (Phi) is 5.26. The summed E-state index contributed by atoms with van der Waals surface area (Å²) >= 11 is 0. The van der Waals surface area contributed by atoms with Crippen molar-refractivity contribution in [1.29, 1.82) is 0 Å². The van der Waals surface area contributed by atoms with Gasteiger partial charge in [-0.05, 0) is 45.7 Å². The van der Waals surface area contributed by atoms with Crippen LogP contribution in [0.3, 0.4) is 0 Å². The lowest BCUT2D eigenvalue weighted by Gasteiger charge is -2.36. The van der Waals surface area contributed by atoms with Crippen molar-refractivity contribution in [2.24, 2.45) is 0 Å². The Bertz CT molecular complexity index is 214. The zero-order valence-corrected chi connectivity index (χ0v) is 11.5. The van der Waals surface area contributed by atoms with Crippen molar-refractivity contribution in [3.8, 4) is 0 Å². The van der Waals surface area contributed by atoms with Crippen molar-refractivity contribution in [3.05, 3.63) is 0 Å². The molecule has 0 aliphatic carbocycles. The Morgan fingerprint density at radius 2 is 2.24 bits per heavy atom. The van der Waals surface area contributed by atoms with Crippen LogP contribution in [-0.2, 0) is 4.74 Å². The summed E-state index contributed by atoms with van der Waals surface area (Å²) in [6, 6.07) is 1.47. The predicted molar refractivity (Wildman–Crippen MR) is 71.3 cm³/mol. The van der Waals surface area contributed by atoms with E-state index in [-0.39, 0.29) is 0 Å². The van der Waals surface area contributed by atoms with Crippen LogP contribution in [0.1, 0.15) is 45.4 Å². The number of rotatable bonds is 5. The van der Waals surface area contributed by atoms with Gasteiger partial charge in [-0.25, -0.2) is 0 Å². The van der Waals surface area contributed by atoms with Gasteiger partial charge in [0.15, 0.2) is 0 Å². The van der Waals surface area contributed by atoms with Gasteiger partial charge in [-0.3, -0.25) is 0 Å². The molecule has 2 heterocycles. The van der Waals surface area contributed by atoms with Gasteiger partial charge in [0.05, 0.1) is 6.10 Å². The number of hydrogen-bond acceptors (Lipinski definition) is 3. The molecule has 0 saturated carbocycles. The van der Waals surface area contributed by atoms with Gasteiger partial charge in [-0.1, -0.05) is 13.3 Å². The molecule has 2 rings (SSSR count). The van der Waals surface area contributed by atoms with E-state index in [1.807, 2.05) is 0 Å². The Labute approximate surface area is 106 Å². The highest BCUT2D eigenvalue weighted by Crippen LogP contribution is 2.22. The third kappa shape index (κ3) is 3.94. The molecule has 0 amide bonds. The molecule has 3 unspecified atom stereocenters. The van der Waals surface area contributed by atoms with Gasteiger partial charge in [0.1, 0.15) is 0 Å². The third-order valence-electron chi connectivity index (χ3n) is 4.24. The molecule has 17 heavy (non-hydrogen) atoms. The molecule has 1 N–H and O–H groups in total. The van der Waals surface area contributed by atoms with E-state index in [0.29, 0.717) is 6.10 Å². The number of nitrogens with zero attached hydrogens (tertiary/aromatic N) is 1. The van der Waals surface area contributed by atoms with Crippen LogP contribution < -0.4 is 5.32 Å². The first-order chi connectivity index (χ1) is 8.29. The summed E-state index contributed by atoms with van der Waals surface area (Å²) in [6.07, 6.45) is 8.13. The molecular formula is C14H28N2O. The standard InChI is InChI=1S/C14H28N2O/c1-3-5-14-10-13(7-9-17-14)16(2)11-12-6-4-8-15-12/h12-15H,3-11H2,1-2H3. The van der Waals surface area contributed by atoms with Gasteiger partial charge in [-0.15, -0.1) is 0 Å². The number of ether oxygens (including phenoxy) is 1. The maximum atomic E-state index is 5.83. The molecule has 0 aromatic heterocycles. The minimum absolute atomic E-state index is 0.512. The van der Waals surface area contributed by atoms with Crippen molar-refractivity contribution in [1.82, 2.24) is 10.2 Å². The van der Waals surface area contributed by atoms with Gasteiger partial charge in [0.25, 0.3) is 0 Å². The zero-order chi connectivity index (χ0) is 12.1. The molecule has 0 aromatic carbocycles. The van der Waals surface area contributed by atoms with Crippen LogP contribution in [0.4, 0.5) is 0 Å². The van der Waals surface area contributed by atoms with Gasteiger partial charge in [-0.2, -0.15) is 0 Å². The molecule has 0 aromatic rings. The molecule has 0 spiro atoms. The Hall–Kier alpha value is -0.120. The first-order valence-corrected chi connectivity index (χ1v) is 7.34. The van der Waals surface area contributed by atoms with Crippen LogP contribution in [0.5, 0.6) is 0 Å². The van der Waals surface area contributed by atoms with E-state index >= 15 is 0 Å². The van der Waals surface area contributed by atoms with Crippen LogP contribution in [-0.4, -0.2) is 49.8 Å². The first-order valence-electron chi connectivity index (χ1n) is 7.34. The Balaban J connectivity index is 1.75. The van der Waals surface area contributed by atoms with E-state index in [0.717, 1.165) is 18.7 Å². The number of likely N-dealkylation sites (N-methyl/N-ethyl adjacent to an activating group) is 1. The van der Waals surface area contributed by atoms with Crippen LogP contribution in [0.2, 0.25) is 0 Å². The fraction of sp³-hybridized carbons (Fsp3) is 1.00. The van der Waals surface area contributed by atoms with E-state index in [2.05, 4.69) is 24.2 Å². The van der Waals surface area contributed by atoms with Crippen LogP contribution in [0.25, 0.3) is 0 Å². The number of nitrogens with one attached hydrogen (secondary N) is 1. The van der Waals surface area contributed by atoms with E-state index in [4.69, 9.17) is 4.74 Å². The van der Waals surface area contributed by atoms with E-state index in [1.165, 1.54) is 51.6 Å². The first kappa shape index (κ1) is 13.3. The minimum atomic E-state index is 0.512. The molecule has 2 saturated heterocycles. The van der Waals surface area contributed by atoms with Crippen molar-refractivity contribution in [2.75, 3.05) is 26.7 Å². The number of hydrogen-bond donors (Lipinski definition) is 1. The fourth-order valence-corrected chi connectivity index (χ4v) is 3.19. The summed E-state index contributed by atoms with van der Waals surface area (Å²) in [7, 11) is 2.29. The lowest BCUT2D eigenvalue weighted by molar-refractivity contribution is -0.0268. The topological polar surface area (TPSA) is 24.5 Å². The van der Waals surface area contributed by atoms with Crippen LogP contribution in [0, 0.1) is 0 Å². The summed E-state index contributed by atoms with van der Waals surface area (Å²) in [5.41, 5.74) is 0. The average Bonchev–Trinajstić information content (AvgIpc) is 2.83. The molecule has 2 fully saturated rings. The van der Waals surface area contributed by atoms with Gasteiger partial charge < -0.3 is 15.0 Å². The molecule has 2 aliphatic heterocycles. The van der Waals surface area contributed by atoms with Gasteiger partial charge in [0.2, 0.25) is 0 Å². The highest BCUT2D eigenvalue weighted by atomic mass is 16.5. The molecule has 3 atom stereocenters. The van der Waals surface area contributed by atoms with E-state index in [1.54, 1.807) is 0 Å². The molecule has 100 valence electrons. The SMILES string of the molecule is CCCC1CC(N(C)CC2CCCN2)CCO1. The van der Waals surface area contributed by atoms with Crippen molar-refractivity contribution in [2.45, 2.75) is 63.6 Å². The highest BCUT2D eigenvalue weighted by molar-refractivity contribution is 4.83. The van der Waals surface area contributed by atoms with Crippen LogP contribution >= 0.6 is 0 Å². The Morgan fingerprint density at radius 1 is 1.35 bits per heavy atom. The average molecular weight is 240 g/mol. The molecule has 0 radical (unpaired) electrons. The second-order valence-electron chi connectivity index (χ2n) is 5.69. The molecule has 2 aliphatic rings. The summed E-state index contributed by atoms with van der Waals surface area (Å²) in [4.78, 5) is 2.56. The second kappa shape index (κ2) is 6.72. The van der Waals surface area contributed by atoms with E-state index < -0.39 is 0 Å². The van der Waals surface area contributed by atoms with Gasteiger partial charge >= 0.3 is 0 Å². The summed E-state index contributed by atoms with van der Waals surface area (Å²) < 4.78 is 5.83. The Morgan fingerprint density at radius 3 is 2.94 bits per heavy atom. The highest BCUT2D eigenvalue weighted by Gasteiger charge is 2.26. The predicted octanol–water partition coefficient (Wildman–Crippen LogP) is 2.02. The molecular weight excluding hydrogens is 212 g/mol. The zero-order valence-electron chi connectivity index (χ0n) is 11.5. The smallest absolute Gasteiger partial charge is 0.0590 e. The maximum absolute atomic E-state index is 5.83. The largest absolute Gasteiger partial charge is 0.378 e. The van der Waals surface area contributed by atoms with Crippen molar-refractivity contribution < 1.29 is 4.74 Å². The van der Waals surface area contributed by atoms with Crippen molar-refractivity contribution >= 4 is 0 Å². The molecule has 0 bridgehead atoms. The lowest BCUT2D eigenvalue weighted by Crippen LogP contribution is -2.45. The summed E-state index contributed by atoms with van der Waals surface area (Å²) in [5.74, 6) is 0. The van der Waals surface area contributed by atoms with Crippen LogP contribution in [0.15, 0.2) is 0 Å². The molecule has 3 nitrogen and oxygen atoms in total. The maximum Gasteiger partial charge on any atom is 0.0590 e. The normalized spacial score (nSPS) is 34.4.